The van der Waals surface area contributed by atoms with Gasteiger partial charge in [-0.1, -0.05) is 23.5 Å². The lowest BCUT2D eigenvalue weighted by atomic mass is 10.3. The first-order valence-electron chi connectivity index (χ1n) is 4.56. The third-order valence-electron chi connectivity index (χ3n) is 1.99. The van der Waals surface area contributed by atoms with Crippen molar-refractivity contribution in [1.29, 1.82) is 5.26 Å². The summed E-state index contributed by atoms with van der Waals surface area (Å²) in [5, 5.41) is 10.7. The van der Waals surface area contributed by atoms with E-state index in [4.69, 9.17) is 11.1 Å². The van der Waals surface area contributed by atoms with Gasteiger partial charge in [-0.2, -0.15) is 5.26 Å². The van der Waals surface area contributed by atoms with Crippen molar-refractivity contribution < 1.29 is 0 Å². The Labute approximate surface area is 91.5 Å². The molecule has 0 spiro atoms. The third-order valence-corrected chi connectivity index (χ3v) is 3.07. The van der Waals surface area contributed by atoms with Crippen LogP contribution in [-0.2, 0) is 0 Å². The van der Waals surface area contributed by atoms with Crippen molar-refractivity contribution in [2.75, 3.05) is 11.6 Å². The highest BCUT2D eigenvalue weighted by atomic mass is 32.1. The number of rotatable bonds is 3. The standard InChI is InChI=1S/C10H10N4S/c11-6-3-7-14(12)10-13-8-4-1-2-5-9(8)15-10/h1-2,4-5H,3,7,12H2. The van der Waals surface area contributed by atoms with Gasteiger partial charge in [-0.05, 0) is 12.1 Å². The lowest BCUT2D eigenvalue weighted by Crippen LogP contribution is -2.31. The monoisotopic (exact) mass is 218 g/mol. The maximum atomic E-state index is 8.45. The Hall–Kier alpha value is -1.64. The number of hydrazine groups is 1. The number of hydrogen-bond acceptors (Lipinski definition) is 5. The van der Waals surface area contributed by atoms with Crippen molar-refractivity contribution in [2.45, 2.75) is 6.42 Å². The molecule has 0 fully saturated rings. The smallest absolute Gasteiger partial charge is 0.200 e. The molecule has 4 nitrogen and oxygen atoms in total. The van der Waals surface area contributed by atoms with E-state index in [1.807, 2.05) is 24.3 Å². The maximum absolute atomic E-state index is 8.45. The molecular formula is C10H10N4S. The maximum Gasteiger partial charge on any atom is 0.200 e. The molecular weight excluding hydrogens is 208 g/mol. The third kappa shape index (κ3) is 2.06. The molecule has 0 aliphatic rings. The summed E-state index contributed by atoms with van der Waals surface area (Å²) in [6, 6.07) is 9.94. The normalized spacial score (nSPS) is 10.1. The van der Waals surface area contributed by atoms with Crippen LogP contribution in [0.25, 0.3) is 10.2 Å². The largest absolute Gasteiger partial charge is 0.285 e. The fourth-order valence-corrected chi connectivity index (χ4v) is 2.16. The number of nitrogens with zero attached hydrogens (tertiary/aromatic N) is 3. The van der Waals surface area contributed by atoms with E-state index in [9.17, 15) is 0 Å². The van der Waals surface area contributed by atoms with Crippen LogP contribution in [0.1, 0.15) is 6.42 Å². The Balaban J connectivity index is 2.25. The molecule has 0 atom stereocenters. The molecule has 76 valence electrons. The van der Waals surface area contributed by atoms with E-state index in [0.29, 0.717) is 13.0 Å². The molecule has 0 unspecified atom stereocenters. The van der Waals surface area contributed by atoms with Crippen LogP contribution in [0.15, 0.2) is 24.3 Å². The number of nitriles is 1. The second kappa shape index (κ2) is 4.26. The van der Waals surface area contributed by atoms with Gasteiger partial charge in [0, 0.05) is 6.54 Å². The van der Waals surface area contributed by atoms with Gasteiger partial charge < -0.3 is 0 Å². The van der Waals surface area contributed by atoms with Gasteiger partial charge in [0.2, 0.25) is 5.13 Å². The fourth-order valence-electron chi connectivity index (χ4n) is 1.25. The molecule has 0 radical (unpaired) electrons. The van der Waals surface area contributed by atoms with Crippen LogP contribution in [0.4, 0.5) is 5.13 Å². The summed E-state index contributed by atoms with van der Waals surface area (Å²) in [6.45, 7) is 0.510. The van der Waals surface area contributed by atoms with E-state index in [-0.39, 0.29) is 0 Å². The van der Waals surface area contributed by atoms with Gasteiger partial charge in [0.15, 0.2) is 0 Å². The molecule has 0 aliphatic heterocycles. The summed E-state index contributed by atoms with van der Waals surface area (Å²) in [7, 11) is 0. The minimum Gasteiger partial charge on any atom is -0.285 e. The Morgan fingerprint density at radius 3 is 3.00 bits per heavy atom. The number of hydrogen-bond donors (Lipinski definition) is 1. The second-order valence-corrected chi connectivity index (χ2v) is 4.07. The van der Waals surface area contributed by atoms with Crippen LogP contribution < -0.4 is 10.9 Å². The number of para-hydroxylation sites is 1. The van der Waals surface area contributed by atoms with Crippen LogP contribution in [0.5, 0.6) is 0 Å². The number of nitrogens with two attached hydrogens (primary N) is 1. The average molecular weight is 218 g/mol. The van der Waals surface area contributed by atoms with E-state index in [1.165, 1.54) is 16.3 Å². The van der Waals surface area contributed by atoms with Gasteiger partial charge in [0.1, 0.15) is 0 Å². The Morgan fingerprint density at radius 2 is 2.27 bits per heavy atom. The molecule has 1 heterocycles. The topological polar surface area (TPSA) is 65.9 Å². The highest BCUT2D eigenvalue weighted by molar-refractivity contribution is 7.22. The van der Waals surface area contributed by atoms with E-state index >= 15 is 0 Å². The van der Waals surface area contributed by atoms with Gasteiger partial charge in [-0.25, -0.2) is 10.8 Å². The molecule has 1 aromatic carbocycles. The van der Waals surface area contributed by atoms with Crippen LogP contribution >= 0.6 is 11.3 Å². The predicted molar refractivity (Wildman–Crippen MR) is 61.4 cm³/mol. The van der Waals surface area contributed by atoms with Crippen molar-refractivity contribution >= 4 is 26.7 Å². The van der Waals surface area contributed by atoms with Crippen LogP contribution in [0.2, 0.25) is 0 Å². The Morgan fingerprint density at radius 1 is 1.47 bits per heavy atom. The van der Waals surface area contributed by atoms with Crippen molar-refractivity contribution in [2.24, 2.45) is 5.84 Å². The van der Waals surface area contributed by atoms with Crippen LogP contribution in [-0.4, -0.2) is 11.5 Å². The average Bonchev–Trinajstić information content (AvgIpc) is 2.69. The minimum atomic E-state index is 0.409. The van der Waals surface area contributed by atoms with Gasteiger partial charge in [0.25, 0.3) is 0 Å². The molecule has 15 heavy (non-hydrogen) atoms. The van der Waals surface area contributed by atoms with Gasteiger partial charge in [0.05, 0.1) is 22.7 Å². The molecule has 5 heteroatoms. The zero-order valence-electron chi connectivity index (χ0n) is 8.05. The first-order valence-corrected chi connectivity index (χ1v) is 5.37. The highest BCUT2D eigenvalue weighted by Crippen LogP contribution is 2.26. The first-order chi connectivity index (χ1) is 7.31. The first kappa shape index (κ1) is 9.90. The summed E-state index contributed by atoms with van der Waals surface area (Å²) in [6.07, 6.45) is 0.409. The molecule has 2 rings (SSSR count). The molecule has 2 aromatic rings. The predicted octanol–water partition coefficient (Wildman–Crippen LogP) is 1.89. The number of fused-ring (bicyclic) bond motifs is 1. The van der Waals surface area contributed by atoms with E-state index in [1.54, 1.807) is 0 Å². The number of benzene rings is 1. The minimum absolute atomic E-state index is 0.409. The lowest BCUT2D eigenvalue weighted by molar-refractivity contribution is 0.841. The zero-order chi connectivity index (χ0) is 10.7. The van der Waals surface area contributed by atoms with E-state index in [0.717, 1.165) is 15.3 Å². The van der Waals surface area contributed by atoms with E-state index in [2.05, 4.69) is 11.1 Å². The molecule has 2 N–H and O–H groups in total. The quantitative estimate of drug-likeness (QED) is 0.631. The second-order valence-electron chi connectivity index (χ2n) is 3.07. The zero-order valence-corrected chi connectivity index (χ0v) is 8.87. The molecule has 0 amide bonds. The Bertz CT molecular complexity index is 466. The van der Waals surface area contributed by atoms with Crippen molar-refractivity contribution in [3.8, 4) is 6.07 Å². The van der Waals surface area contributed by atoms with Gasteiger partial charge in [-0.15, -0.1) is 0 Å². The Kier molecular flexibility index (Phi) is 2.81. The van der Waals surface area contributed by atoms with Crippen molar-refractivity contribution in [1.82, 2.24) is 4.98 Å². The van der Waals surface area contributed by atoms with Crippen LogP contribution in [0.3, 0.4) is 0 Å². The summed E-state index contributed by atoms with van der Waals surface area (Å²) in [5.41, 5.74) is 0.949. The molecule has 0 saturated heterocycles. The summed E-state index contributed by atoms with van der Waals surface area (Å²) in [4.78, 5) is 4.38. The lowest BCUT2D eigenvalue weighted by Gasteiger charge is -2.11. The molecule has 0 bridgehead atoms. The molecule has 0 aliphatic carbocycles. The SMILES string of the molecule is N#CCCN(N)c1nc2ccccc2s1. The number of anilines is 1. The highest BCUT2D eigenvalue weighted by Gasteiger charge is 2.07. The molecule has 0 saturated carbocycles. The van der Waals surface area contributed by atoms with Gasteiger partial charge in [-0.3, -0.25) is 5.01 Å². The van der Waals surface area contributed by atoms with Crippen LogP contribution in [0, 0.1) is 11.3 Å². The van der Waals surface area contributed by atoms with Crippen molar-refractivity contribution in [3.05, 3.63) is 24.3 Å². The fraction of sp³-hybridized carbons (Fsp3) is 0.200. The summed E-state index contributed by atoms with van der Waals surface area (Å²) >= 11 is 1.54. The summed E-state index contributed by atoms with van der Waals surface area (Å²) in [5.74, 6) is 5.78. The van der Waals surface area contributed by atoms with E-state index < -0.39 is 0 Å². The number of aromatic nitrogens is 1. The summed E-state index contributed by atoms with van der Waals surface area (Å²) < 4.78 is 1.11. The van der Waals surface area contributed by atoms with Gasteiger partial charge >= 0.3 is 0 Å². The van der Waals surface area contributed by atoms with Crippen molar-refractivity contribution in [3.63, 3.8) is 0 Å². The number of thiazole rings is 1. The molecule has 1 aromatic heterocycles.